The normalized spacial score (nSPS) is 10.5. The van der Waals surface area contributed by atoms with Gasteiger partial charge in [0, 0.05) is 13.2 Å². The Balaban J connectivity index is 3.16. The van der Waals surface area contributed by atoms with Crippen LogP contribution in [0.2, 0.25) is 0 Å². The van der Waals surface area contributed by atoms with Crippen molar-refractivity contribution in [2.45, 2.75) is 19.8 Å². The maximum atomic E-state index is 11.0. The van der Waals surface area contributed by atoms with Crippen molar-refractivity contribution in [1.82, 2.24) is 9.55 Å². The fourth-order valence-corrected chi connectivity index (χ4v) is 0.800. The highest BCUT2D eigenvalue weighted by Gasteiger charge is 2.00. The summed E-state index contributed by atoms with van der Waals surface area (Å²) in [6, 6.07) is 1.87. The van der Waals surface area contributed by atoms with Gasteiger partial charge in [-0.25, -0.2) is 4.79 Å². The van der Waals surface area contributed by atoms with Crippen molar-refractivity contribution in [3.05, 3.63) is 28.4 Å². The summed E-state index contributed by atoms with van der Waals surface area (Å²) in [6.07, 6.45) is 1.74. The predicted octanol–water partition coefficient (Wildman–Crippen LogP) is 0.904. The molecule has 0 N–H and O–H groups in total. The minimum absolute atomic E-state index is 0.184. The van der Waals surface area contributed by atoms with Gasteiger partial charge in [-0.3, -0.25) is 0 Å². The van der Waals surface area contributed by atoms with Crippen molar-refractivity contribution in [3.8, 4) is 0 Å². The van der Waals surface area contributed by atoms with Gasteiger partial charge >= 0.3 is 5.69 Å². The molecule has 0 saturated heterocycles. The highest BCUT2D eigenvalue weighted by Crippen LogP contribution is 2.06. The summed E-state index contributed by atoms with van der Waals surface area (Å²) in [5.41, 5.74) is 0.671. The Kier molecular flexibility index (Phi) is 2.08. The largest absolute Gasteiger partial charge is 0.347 e. The lowest BCUT2D eigenvalue weighted by Gasteiger charge is -2.02. The third-order valence-electron chi connectivity index (χ3n) is 1.59. The molecule has 0 bridgehead atoms. The summed E-state index contributed by atoms with van der Waals surface area (Å²) in [5, 5.41) is 0. The van der Waals surface area contributed by atoms with Gasteiger partial charge in [-0.1, -0.05) is 13.8 Å². The molecule has 0 unspecified atom stereocenters. The van der Waals surface area contributed by atoms with E-state index < -0.39 is 0 Å². The summed E-state index contributed by atoms with van der Waals surface area (Å²) in [5.74, 6) is 0.323. The molecule has 3 nitrogen and oxygen atoms in total. The average Bonchev–Trinajstić information content (AvgIpc) is 1.94. The maximum Gasteiger partial charge on any atom is 0.347 e. The lowest BCUT2D eigenvalue weighted by atomic mass is 10.1. The Bertz CT molecular complexity index is 301. The Morgan fingerprint density at radius 3 is 2.64 bits per heavy atom. The van der Waals surface area contributed by atoms with E-state index in [4.69, 9.17) is 0 Å². The fourth-order valence-electron chi connectivity index (χ4n) is 0.800. The third-order valence-corrected chi connectivity index (χ3v) is 1.59. The van der Waals surface area contributed by atoms with Crippen LogP contribution in [0.3, 0.4) is 0 Å². The van der Waals surface area contributed by atoms with Crippen LogP contribution in [0.25, 0.3) is 0 Å². The van der Waals surface area contributed by atoms with Crippen LogP contribution in [-0.4, -0.2) is 9.55 Å². The van der Waals surface area contributed by atoms with E-state index in [0.29, 0.717) is 5.92 Å². The van der Waals surface area contributed by atoms with Crippen molar-refractivity contribution < 1.29 is 0 Å². The highest BCUT2D eigenvalue weighted by molar-refractivity contribution is 5.03. The number of aryl methyl sites for hydroxylation is 1. The number of aromatic nitrogens is 2. The monoisotopic (exact) mass is 152 g/mol. The van der Waals surface area contributed by atoms with E-state index in [1.807, 2.05) is 19.9 Å². The van der Waals surface area contributed by atoms with Gasteiger partial charge in [-0.05, 0) is 12.0 Å². The summed E-state index contributed by atoms with van der Waals surface area (Å²) in [6.45, 7) is 4.03. The lowest BCUT2D eigenvalue weighted by Crippen LogP contribution is -2.20. The fraction of sp³-hybridized carbons (Fsp3) is 0.500. The van der Waals surface area contributed by atoms with Gasteiger partial charge in [0.15, 0.2) is 0 Å². The third kappa shape index (κ3) is 1.67. The van der Waals surface area contributed by atoms with Crippen LogP contribution in [0, 0.1) is 0 Å². The molecular weight excluding hydrogens is 140 g/mol. The number of rotatable bonds is 1. The van der Waals surface area contributed by atoms with Gasteiger partial charge in [-0.15, -0.1) is 0 Å². The van der Waals surface area contributed by atoms with Crippen LogP contribution >= 0.6 is 0 Å². The molecule has 0 aliphatic carbocycles. The first-order valence-corrected chi connectivity index (χ1v) is 3.65. The van der Waals surface area contributed by atoms with E-state index in [1.54, 1.807) is 13.2 Å². The van der Waals surface area contributed by atoms with Gasteiger partial charge in [0.2, 0.25) is 0 Å². The molecule has 3 heteroatoms. The van der Waals surface area contributed by atoms with Crippen molar-refractivity contribution in [1.29, 1.82) is 0 Å². The van der Waals surface area contributed by atoms with Crippen molar-refractivity contribution in [3.63, 3.8) is 0 Å². The maximum absolute atomic E-state index is 11.0. The Hall–Kier alpha value is -1.12. The first-order valence-electron chi connectivity index (χ1n) is 3.65. The molecule has 0 aliphatic heterocycles. The molecule has 60 valence electrons. The second-order valence-corrected chi connectivity index (χ2v) is 2.90. The van der Waals surface area contributed by atoms with Crippen molar-refractivity contribution >= 4 is 0 Å². The minimum Gasteiger partial charge on any atom is -0.302 e. The summed E-state index contributed by atoms with van der Waals surface area (Å²) in [7, 11) is 1.69. The standard InChI is InChI=1S/C8H12N2O/c1-6(2)7-4-5-10(3)8(11)9-7/h4-6H,1-3H3. The van der Waals surface area contributed by atoms with Gasteiger partial charge in [0.05, 0.1) is 5.69 Å². The Labute approximate surface area is 65.7 Å². The highest BCUT2D eigenvalue weighted by atomic mass is 16.1. The molecule has 0 amide bonds. The molecule has 1 heterocycles. The van der Waals surface area contributed by atoms with Crippen LogP contribution in [0.1, 0.15) is 25.5 Å². The summed E-state index contributed by atoms with van der Waals surface area (Å²) in [4.78, 5) is 14.9. The molecule has 1 aromatic rings. The topological polar surface area (TPSA) is 34.9 Å². The number of nitrogens with zero attached hydrogens (tertiary/aromatic N) is 2. The Morgan fingerprint density at radius 1 is 1.55 bits per heavy atom. The van der Waals surface area contributed by atoms with Gasteiger partial charge in [0.1, 0.15) is 0 Å². The summed E-state index contributed by atoms with van der Waals surface area (Å²) >= 11 is 0. The van der Waals surface area contributed by atoms with E-state index in [2.05, 4.69) is 4.98 Å². The molecule has 0 radical (unpaired) electrons. The zero-order valence-electron chi connectivity index (χ0n) is 7.03. The summed E-state index contributed by atoms with van der Waals surface area (Å²) < 4.78 is 1.46. The molecule has 0 saturated carbocycles. The van der Waals surface area contributed by atoms with Crippen molar-refractivity contribution in [2.24, 2.45) is 7.05 Å². The van der Waals surface area contributed by atoms with E-state index in [0.717, 1.165) is 5.69 Å². The van der Waals surface area contributed by atoms with Gasteiger partial charge < -0.3 is 4.57 Å². The molecule has 0 aliphatic rings. The zero-order valence-corrected chi connectivity index (χ0v) is 7.03. The lowest BCUT2D eigenvalue weighted by molar-refractivity contribution is 0.743. The number of hydrogen-bond acceptors (Lipinski definition) is 2. The quantitative estimate of drug-likeness (QED) is 0.599. The molecule has 0 spiro atoms. The number of hydrogen-bond donors (Lipinski definition) is 0. The van der Waals surface area contributed by atoms with Gasteiger partial charge in [0.25, 0.3) is 0 Å². The van der Waals surface area contributed by atoms with E-state index in [9.17, 15) is 4.79 Å². The Morgan fingerprint density at radius 2 is 2.18 bits per heavy atom. The average molecular weight is 152 g/mol. The van der Waals surface area contributed by atoms with E-state index in [1.165, 1.54) is 4.57 Å². The second-order valence-electron chi connectivity index (χ2n) is 2.90. The first kappa shape index (κ1) is 7.98. The molecule has 1 aromatic heterocycles. The minimum atomic E-state index is -0.184. The first-order chi connectivity index (χ1) is 5.11. The molecule has 0 atom stereocenters. The molecule has 0 fully saturated rings. The van der Waals surface area contributed by atoms with Crippen LogP contribution in [0.15, 0.2) is 17.1 Å². The van der Waals surface area contributed by atoms with Crippen LogP contribution in [0.4, 0.5) is 0 Å². The second kappa shape index (κ2) is 2.86. The molecule has 11 heavy (non-hydrogen) atoms. The predicted molar refractivity (Wildman–Crippen MR) is 43.6 cm³/mol. The SMILES string of the molecule is CC(C)c1ccn(C)c(=O)n1. The van der Waals surface area contributed by atoms with Crippen LogP contribution < -0.4 is 5.69 Å². The van der Waals surface area contributed by atoms with Crippen LogP contribution in [0.5, 0.6) is 0 Å². The van der Waals surface area contributed by atoms with Gasteiger partial charge in [-0.2, -0.15) is 4.98 Å². The van der Waals surface area contributed by atoms with E-state index in [-0.39, 0.29) is 5.69 Å². The molecule has 1 rings (SSSR count). The molecular formula is C8H12N2O. The van der Waals surface area contributed by atoms with E-state index >= 15 is 0 Å². The van der Waals surface area contributed by atoms with Crippen molar-refractivity contribution in [2.75, 3.05) is 0 Å². The molecule has 0 aromatic carbocycles. The smallest absolute Gasteiger partial charge is 0.302 e. The van der Waals surface area contributed by atoms with Crippen LogP contribution in [-0.2, 0) is 7.05 Å². The zero-order chi connectivity index (χ0) is 8.43.